The Hall–Kier alpha value is -1.35. The third-order valence-corrected chi connectivity index (χ3v) is 2.49. The van der Waals surface area contributed by atoms with Crippen LogP contribution in [0.4, 0.5) is 0 Å². The number of ether oxygens (including phenoxy) is 1. The zero-order chi connectivity index (χ0) is 9.10. The first-order chi connectivity index (χ1) is 6.42. The third kappa shape index (κ3) is 1.55. The van der Waals surface area contributed by atoms with Gasteiger partial charge >= 0.3 is 0 Å². The third-order valence-electron chi connectivity index (χ3n) is 1.68. The van der Waals surface area contributed by atoms with Gasteiger partial charge in [-0.05, 0) is 23.7 Å². The first kappa shape index (κ1) is 8.26. The lowest BCUT2D eigenvalue weighted by molar-refractivity contribution is 0.357. The number of hydrogen-bond donors (Lipinski definition) is 0. The highest BCUT2D eigenvalue weighted by atomic mass is 32.1. The van der Waals surface area contributed by atoms with Crippen LogP contribution < -0.4 is 4.74 Å². The smallest absolute Gasteiger partial charge is 0.233 e. The number of nitrogens with zero attached hydrogens (tertiary/aromatic N) is 1. The van der Waals surface area contributed by atoms with E-state index in [1.165, 1.54) is 11.5 Å². The Labute approximate surface area is 80.6 Å². The van der Waals surface area contributed by atoms with Crippen molar-refractivity contribution >= 4 is 21.6 Å². The van der Waals surface area contributed by atoms with E-state index in [4.69, 9.17) is 4.74 Å². The Morgan fingerprint density at radius 3 is 3.15 bits per heavy atom. The molecule has 0 bridgehead atoms. The first-order valence-corrected chi connectivity index (χ1v) is 4.77. The van der Waals surface area contributed by atoms with Gasteiger partial charge in [-0.2, -0.15) is 4.37 Å². The van der Waals surface area contributed by atoms with Crippen molar-refractivity contribution in [3.05, 3.63) is 36.9 Å². The fourth-order valence-corrected chi connectivity index (χ4v) is 1.83. The van der Waals surface area contributed by atoms with E-state index >= 15 is 0 Å². The van der Waals surface area contributed by atoms with E-state index in [0.29, 0.717) is 12.5 Å². The van der Waals surface area contributed by atoms with Gasteiger partial charge in [0.2, 0.25) is 5.88 Å². The summed E-state index contributed by atoms with van der Waals surface area (Å²) in [6.07, 6.45) is 1.72. The van der Waals surface area contributed by atoms with Crippen LogP contribution in [0.1, 0.15) is 0 Å². The lowest BCUT2D eigenvalue weighted by Gasteiger charge is -1.97. The molecule has 0 radical (unpaired) electrons. The van der Waals surface area contributed by atoms with E-state index < -0.39 is 0 Å². The molecule has 1 heterocycles. The van der Waals surface area contributed by atoms with Crippen LogP contribution >= 0.6 is 11.5 Å². The fraction of sp³-hybridized carbons (Fsp3) is 0.100. The molecule has 0 aliphatic carbocycles. The molecule has 66 valence electrons. The normalized spacial score (nSPS) is 10.2. The maximum absolute atomic E-state index is 5.39. The average molecular weight is 191 g/mol. The summed E-state index contributed by atoms with van der Waals surface area (Å²) < 4.78 is 10.7. The van der Waals surface area contributed by atoms with Crippen molar-refractivity contribution in [1.29, 1.82) is 0 Å². The summed E-state index contributed by atoms with van der Waals surface area (Å²) in [6.45, 7) is 4.10. The second kappa shape index (κ2) is 3.58. The predicted octanol–water partition coefficient (Wildman–Crippen LogP) is 2.86. The van der Waals surface area contributed by atoms with Gasteiger partial charge in [0.05, 0.1) is 10.1 Å². The standard InChI is InChI=1S/C10H9NOS/c1-2-7-12-10-8-5-3-4-6-9(8)13-11-10/h2-6H,1,7H2. The summed E-state index contributed by atoms with van der Waals surface area (Å²) in [5.41, 5.74) is 0. The molecule has 0 saturated heterocycles. The molecule has 0 saturated carbocycles. The largest absolute Gasteiger partial charge is 0.472 e. The molecule has 2 rings (SSSR count). The van der Waals surface area contributed by atoms with Gasteiger partial charge in [-0.1, -0.05) is 24.8 Å². The summed E-state index contributed by atoms with van der Waals surface area (Å²) in [7, 11) is 0. The Bertz CT molecular complexity index is 422. The van der Waals surface area contributed by atoms with Crippen molar-refractivity contribution in [3.63, 3.8) is 0 Å². The molecular formula is C10H9NOS. The number of fused-ring (bicyclic) bond motifs is 1. The molecule has 0 N–H and O–H groups in total. The van der Waals surface area contributed by atoms with Crippen molar-refractivity contribution in [2.45, 2.75) is 0 Å². The topological polar surface area (TPSA) is 22.1 Å². The van der Waals surface area contributed by atoms with Crippen LogP contribution in [0.5, 0.6) is 5.88 Å². The van der Waals surface area contributed by atoms with Gasteiger partial charge in [-0.25, -0.2) is 0 Å². The predicted molar refractivity (Wildman–Crippen MR) is 55.3 cm³/mol. The highest BCUT2D eigenvalue weighted by Crippen LogP contribution is 2.27. The summed E-state index contributed by atoms with van der Waals surface area (Å²) >= 11 is 1.46. The minimum absolute atomic E-state index is 0.508. The van der Waals surface area contributed by atoms with E-state index in [2.05, 4.69) is 11.0 Å². The van der Waals surface area contributed by atoms with Crippen LogP contribution in [0.3, 0.4) is 0 Å². The highest BCUT2D eigenvalue weighted by molar-refractivity contribution is 7.13. The molecule has 0 amide bonds. The van der Waals surface area contributed by atoms with Crippen LogP contribution in [0.25, 0.3) is 10.1 Å². The van der Waals surface area contributed by atoms with Crippen molar-refractivity contribution in [3.8, 4) is 5.88 Å². The van der Waals surface area contributed by atoms with Gasteiger partial charge < -0.3 is 4.74 Å². The number of benzene rings is 1. The summed E-state index contributed by atoms with van der Waals surface area (Å²) in [4.78, 5) is 0. The Morgan fingerprint density at radius 2 is 2.31 bits per heavy atom. The van der Waals surface area contributed by atoms with Gasteiger partial charge in [-0.15, -0.1) is 0 Å². The average Bonchev–Trinajstić information content (AvgIpc) is 2.58. The molecule has 0 aliphatic rings. The lowest BCUT2D eigenvalue weighted by Crippen LogP contribution is -1.92. The van der Waals surface area contributed by atoms with Crippen molar-refractivity contribution in [2.24, 2.45) is 0 Å². The van der Waals surface area contributed by atoms with Gasteiger partial charge in [-0.3, -0.25) is 0 Å². The van der Waals surface area contributed by atoms with E-state index in [1.54, 1.807) is 6.08 Å². The van der Waals surface area contributed by atoms with E-state index in [9.17, 15) is 0 Å². The molecular weight excluding hydrogens is 182 g/mol. The van der Waals surface area contributed by atoms with Crippen molar-refractivity contribution in [1.82, 2.24) is 4.37 Å². The number of rotatable bonds is 3. The molecule has 3 heteroatoms. The van der Waals surface area contributed by atoms with Crippen LogP contribution in [0, 0.1) is 0 Å². The molecule has 0 atom stereocenters. The van der Waals surface area contributed by atoms with Gasteiger partial charge in [0.15, 0.2) is 0 Å². The van der Waals surface area contributed by atoms with E-state index in [0.717, 1.165) is 10.1 Å². The van der Waals surface area contributed by atoms with Crippen molar-refractivity contribution in [2.75, 3.05) is 6.61 Å². The Balaban J connectivity index is 2.40. The molecule has 1 aromatic carbocycles. The van der Waals surface area contributed by atoms with E-state index in [-0.39, 0.29) is 0 Å². The molecule has 13 heavy (non-hydrogen) atoms. The monoisotopic (exact) mass is 191 g/mol. The lowest BCUT2D eigenvalue weighted by atomic mass is 10.3. The highest BCUT2D eigenvalue weighted by Gasteiger charge is 2.04. The minimum Gasteiger partial charge on any atom is -0.472 e. The Morgan fingerprint density at radius 1 is 1.46 bits per heavy atom. The quantitative estimate of drug-likeness (QED) is 0.696. The zero-order valence-corrected chi connectivity index (χ0v) is 7.88. The zero-order valence-electron chi connectivity index (χ0n) is 7.06. The van der Waals surface area contributed by atoms with Gasteiger partial charge in [0, 0.05) is 0 Å². The van der Waals surface area contributed by atoms with Gasteiger partial charge in [0.25, 0.3) is 0 Å². The molecule has 1 aromatic heterocycles. The minimum atomic E-state index is 0.508. The number of hydrogen-bond acceptors (Lipinski definition) is 3. The maximum Gasteiger partial charge on any atom is 0.233 e. The molecule has 0 aliphatic heterocycles. The molecule has 0 spiro atoms. The number of aromatic nitrogens is 1. The Kier molecular flexibility index (Phi) is 2.27. The van der Waals surface area contributed by atoms with E-state index in [1.807, 2.05) is 24.3 Å². The molecule has 0 unspecified atom stereocenters. The summed E-state index contributed by atoms with van der Waals surface area (Å²) in [6, 6.07) is 8.03. The molecule has 0 fully saturated rings. The van der Waals surface area contributed by atoms with Gasteiger partial charge in [0.1, 0.15) is 6.61 Å². The molecule has 2 aromatic rings. The second-order valence-electron chi connectivity index (χ2n) is 2.58. The summed E-state index contributed by atoms with van der Waals surface area (Å²) in [5.74, 6) is 0.709. The fourth-order valence-electron chi connectivity index (χ4n) is 1.10. The van der Waals surface area contributed by atoms with Crippen LogP contribution in [-0.4, -0.2) is 11.0 Å². The maximum atomic E-state index is 5.39. The summed E-state index contributed by atoms with van der Waals surface area (Å²) in [5, 5.41) is 1.08. The SMILES string of the molecule is C=CCOc1nsc2ccccc12. The second-order valence-corrected chi connectivity index (χ2v) is 3.39. The van der Waals surface area contributed by atoms with Crippen LogP contribution in [-0.2, 0) is 0 Å². The van der Waals surface area contributed by atoms with Crippen molar-refractivity contribution < 1.29 is 4.74 Å². The van der Waals surface area contributed by atoms with Crippen LogP contribution in [0.15, 0.2) is 36.9 Å². The first-order valence-electron chi connectivity index (χ1n) is 4.00. The van der Waals surface area contributed by atoms with Crippen LogP contribution in [0.2, 0.25) is 0 Å². The molecule has 2 nitrogen and oxygen atoms in total.